The van der Waals surface area contributed by atoms with Crippen LogP contribution in [0.25, 0.3) is 10.2 Å². The van der Waals surface area contributed by atoms with E-state index in [0.29, 0.717) is 30.1 Å². The normalized spacial score (nSPS) is 11.6. The fourth-order valence-corrected chi connectivity index (χ4v) is 3.95. The molecule has 1 amide bonds. The van der Waals surface area contributed by atoms with E-state index < -0.39 is 0 Å². The van der Waals surface area contributed by atoms with Gasteiger partial charge in [-0.15, -0.1) is 6.58 Å². The number of thiazole rings is 1. The fraction of sp³-hybridized carbons (Fsp3) is 0.304. The Morgan fingerprint density at radius 3 is 2.59 bits per heavy atom. The summed E-state index contributed by atoms with van der Waals surface area (Å²) in [4.78, 5) is 17.7. The lowest BCUT2D eigenvalue weighted by Crippen LogP contribution is -2.16. The number of allylic oxidation sites excluding steroid dienone is 1. The van der Waals surface area contributed by atoms with Crippen LogP contribution in [0.15, 0.2) is 60.1 Å². The molecule has 0 aliphatic carbocycles. The quantitative estimate of drug-likeness (QED) is 0.359. The third-order valence-electron chi connectivity index (χ3n) is 4.34. The molecular formula is C23H26N2O3S. The van der Waals surface area contributed by atoms with Gasteiger partial charge in [-0.05, 0) is 55.8 Å². The van der Waals surface area contributed by atoms with Gasteiger partial charge >= 0.3 is 0 Å². The van der Waals surface area contributed by atoms with E-state index in [9.17, 15) is 4.79 Å². The van der Waals surface area contributed by atoms with Crippen LogP contribution < -0.4 is 14.3 Å². The number of amides is 1. The molecule has 0 saturated carbocycles. The summed E-state index contributed by atoms with van der Waals surface area (Å²) in [6.45, 7) is 9.77. The van der Waals surface area contributed by atoms with Crippen LogP contribution in [0.3, 0.4) is 0 Å². The molecular weight excluding hydrogens is 384 g/mol. The minimum absolute atomic E-state index is 0.278. The number of nitrogens with zero attached hydrogens (tertiary/aromatic N) is 2. The van der Waals surface area contributed by atoms with Gasteiger partial charge in [0.2, 0.25) is 0 Å². The smallest absolute Gasteiger partial charge is 0.279 e. The number of hydrogen-bond acceptors (Lipinski definition) is 4. The maximum atomic E-state index is 12.7. The van der Waals surface area contributed by atoms with Crippen molar-refractivity contribution in [1.29, 1.82) is 0 Å². The summed E-state index contributed by atoms with van der Waals surface area (Å²) in [5.74, 6) is 1.30. The topological polar surface area (TPSA) is 52.8 Å². The van der Waals surface area contributed by atoms with Crippen molar-refractivity contribution in [1.82, 2.24) is 4.57 Å². The first kappa shape index (κ1) is 20.9. The van der Waals surface area contributed by atoms with Gasteiger partial charge < -0.3 is 14.0 Å². The summed E-state index contributed by atoms with van der Waals surface area (Å²) in [6, 6.07) is 13.0. The lowest BCUT2D eigenvalue weighted by molar-refractivity contribution is 0.0998. The summed E-state index contributed by atoms with van der Waals surface area (Å²) < 4.78 is 14.2. The van der Waals surface area contributed by atoms with Crippen molar-refractivity contribution in [2.75, 3.05) is 13.2 Å². The van der Waals surface area contributed by atoms with Crippen molar-refractivity contribution in [2.45, 2.75) is 33.2 Å². The molecule has 0 radical (unpaired) electrons. The molecule has 0 aliphatic heterocycles. The zero-order valence-electron chi connectivity index (χ0n) is 16.9. The van der Waals surface area contributed by atoms with Crippen molar-refractivity contribution in [2.24, 2.45) is 4.99 Å². The molecule has 0 spiro atoms. The number of aromatic nitrogens is 1. The van der Waals surface area contributed by atoms with Crippen molar-refractivity contribution >= 4 is 27.5 Å². The molecule has 0 saturated heterocycles. The Bertz CT molecular complexity index is 1050. The zero-order valence-corrected chi connectivity index (χ0v) is 17.7. The number of carbonyl (C=O) groups is 1. The number of fused-ring (bicyclic) bond motifs is 1. The second-order valence-electron chi connectivity index (χ2n) is 6.49. The number of unbranched alkanes of at least 4 members (excludes halogenated alkanes) is 1. The van der Waals surface area contributed by atoms with E-state index in [1.807, 2.05) is 41.8 Å². The SMILES string of the molecule is C=CCn1c(=NC(=O)c2ccc(OCCCC)cc2)sc2cc(OCC)ccc21. The summed E-state index contributed by atoms with van der Waals surface area (Å²) in [5.41, 5.74) is 1.54. The molecule has 0 aliphatic rings. The van der Waals surface area contributed by atoms with Crippen molar-refractivity contribution in [3.05, 3.63) is 65.5 Å². The Balaban J connectivity index is 1.90. The Hall–Kier alpha value is -2.86. The van der Waals surface area contributed by atoms with Crippen LogP contribution in [0.1, 0.15) is 37.0 Å². The number of carbonyl (C=O) groups excluding carboxylic acids is 1. The summed E-state index contributed by atoms with van der Waals surface area (Å²) in [5, 5.41) is 0. The lowest BCUT2D eigenvalue weighted by Gasteiger charge is -2.05. The van der Waals surface area contributed by atoms with E-state index in [0.717, 1.165) is 34.6 Å². The largest absolute Gasteiger partial charge is 0.494 e. The minimum atomic E-state index is -0.278. The van der Waals surface area contributed by atoms with E-state index >= 15 is 0 Å². The van der Waals surface area contributed by atoms with Gasteiger partial charge in [-0.25, -0.2) is 0 Å². The first-order valence-electron chi connectivity index (χ1n) is 9.85. The van der Waals surface area contributed by atoms with Gasteiger partial charge in [0.05, 0.1) is 23.4 Å². The summed E-state index contributed by atoms with van der Waals surface area (Å²) in [6.07, 6.45) is 3.90. The third kappa shape index (κ3) is 5.15. The molecule has 0 fully saturated rings. The molecule has 5 nitrogen and oxygen atoms in total. The molecule has 3 aromatic rings. The van der Waals surface area contributed by atoms with Gasteiger partial charge in [0.25, 0.3) is 5.91 Å². The van der Waals surface area contributed by atoms with Crippen molar-refractivity contribution in [3.63, 3.8) is 0 Å². The number of ether oxygens (including phenoxy) is 2. The van der Waals surface area contributed by atoms with E-state index in [2.05, 4.69) is 18.5 Å². The minimum Gasteiger partial charge on any atom is -0.494 e. The van der Waals surface area contributed by atoms with E-state index in [1.165, 1.54) is 11.3 Å². The van der Waals surface area contributed by atoms with Crippen LogP contribution >= 0.6 is 11.3 Å². The Labute approximate surface area is 174 Å². The predicted octanol–water partition coefficient (Wildman–Crippen LogP) is 5.21. The van der Waals surface area contributed by atoms with Crippen LogP contribution in [-0.4, -0.2) is 23.7 Å². The average molecular weight is 411 g/mol. The van der Waals surface area contributed by atoms with Gasteiger partial charge in [0.1, 0.15) is 11.5 Å². The Kier molecular flexibility index (Phi) is 7.25. The van der Waals surface area contributed by atoms with E-state index in [4.69, 9.17) is 9.47 Å². The maximum Gasteiger partial charge on any atom is 0.279 e. The molecule has 3 rings (SSSR count). The average Bonchev–Trinajstić information content (AvgIpc) is 3.05. The summed E-state index contributed by atoms with van der Waals surface area (Å²) >= 11 is 1.47. The highest BCUT2D eigenvalue weighted by Crippen LogP contribution is 2.23. The molecule has 6 heteroatoms. The molecule has 0 N–H and O–H groups in total. The molecule has 152 valence electrons. The van der Waals surface area contributed by atoms with Crippen molar-refractivity contribution in [3.8, 4) is 11.5 Å². The molecule has 2 aromatic carbocycles. The highest BCUT2D eigenvalue weighted by atomic mass is 32.1. The number of hydrogen-bond donors (Lipinski definition) is 0. The fourth-order valence-electron chi connectivity index (χ4n) is 2.88. The van der Waals surface area contributed by atoms with Crippen molar-refractivity contribution < 1.29 is 14.3 Å². The Morgan fingerprint density at radius 2 is 1.90 bits per heavy atom. The number of benzene rings is 2. The molecule has 0 bridgehead atoms. The first-order chi connectivity index (χ1) is 14.2. The van der Waals surface area contributed by atoms with Crippen LogP contribution in [0.2, 0.25) is 0 Å². The second kappa shape index (κ2) is 10.1. The van der Waals surface area contributed by atoms with Crippen LogP contribution in [-0.2, 0) is 6.54 Å². The highest BCUT2D eigenvalue weighted by molar-refractivity contribution is 7.16. The zero-order chi connectivity index (χ0) is 20.6. The standard InChI is InChI=1S/C23H26N2O3S/c1-4-7-15-28-18-10-8-17(9-11-18)22(26)24-23-25(14-5-2)20-13-12-19(27-6-3)16-21(20)29-23/h5,8-13,16H,2,4,6-7,14-15H2,1,3H3. The summed E-state index contributed by atoms with van der Waals surface area (Å²) in [7, 11) is 0. The monoisotopic (exact) mass is 410 g/mol. The predicted molar refractivity (Wildman–Crippen MR) is 118 cm³/mol. The second-order valence-corrected chi connectivity index (χ2v) is 7.50. The highest BCUT2D eigenvalue weighted by Gasteiger charge is 2.10. The third-order valence-corrected chi connectivity index (χ3v) is 5.38. The van der Waals surface area contributed by atoms with Crippen LogP contribution in [0.5, 0.6) is 11.5 Å². The van der Waals surface area contributed by atoms with Gasteiger partial charge in [-0.1, -0.05) is 30.8 Å². The lowest BCUT2D eigenvalue weighted by atomic mass is 10.2. The maximum absolute atomic E-state index is 12.7. The van der Waals surface area contributed by atoms with Crippen LogP contribution in [0, 0.1) is 0 Å². The molecule has 1 heterocycles. The van der Waals surface area contributed by atoms with Gasteiger partial charge in [-0.2, -0.15) is 4.99 Å². The Morgan fingerprint density at radius 1 is 1.14 bits per heavy atom. The molecule has 0 unspecified atom stereocenters. The number of rotatable bonds is 9. The molecule has 1 aromatic heterocycles. The van der Waals surface area contributed by atoms with E-state index in [1.54, 1.807) is 18.2 Å². The molecule has 29 heavy (non-hydrogen) atoms. The first-order valence-corrected chi connectivity index (χ1v) is 10.7. The van der Waals surface area contributed by atoms with Crippen LogP contribution in [0.4, 0.5) is 0 Å². The van der Waals surface area contributed by atoms with Gasteiger partial charge in [0, 0.05) is 12.1 Å². The van der Waals surface area contributed by atoms with Gasteiger partial charge in [-0.3, -0.25) is 4.79 Å². The van der Waals surface area contributed by atoms with E-state index in [-0.39, 0.29) is 5.91 Å². The molecule has 0 atom stereocenters. The van der Waals surface area contributed by atoms with Gasteiger partial charge in [0.15, 0.2) is 4.80 Å².